The molecular formula is C33H38N6O. The molecule has 0 amide bonds. The lowest BCUT2D eigenvalue weighted by atomic mass is 9.92. The van der Waals surface area contributed by atoms with E-state index < -0.39 is 0 Å². The number of benzene rings is 3. The molecule has 0 saturated carbocycles. The maximum Gasteiger partial charge on any atom is 0.333 e. The maximum absolute atomic E-state index is 14.1. The highest BCUT2D eigenvalue weighted by atomic mass is 16.1. The Bertz CT molecular complexity index is 1600. The second-order valence-corrected chi connectivity index (χ2v) is 11.0. The van der Waals surface area contributed by atoms with Crippen LogP contribution in [0.5, 0.6) is 0 Å². The van der Waals surface area contributed by atoms with Gasteiger partial charge in [0, 0.05) is 17.5 Å². The second-order valence-electron chi connectivity index (χ2n) is 11.0. The summed E-state index contributed by atoms with van der Waals surface area (Å²) in [7, 11) is 0. The minimum atomic E-state index is 0.0216. The van der Waals surface area contributed by atoms with Crippen molar-refractivity contribution in [2.24, 2.45) is 0 Å². The molecule has 0 spiro atoms. The number of aromatic nitrogens is 6. The number of hydrogen-bond acceptors (Lipinski definition) is 4. The smallest absolute Gasteiger partial charge is 0.292 e. The van der Waals surface area contributed by atoms with Crippen LogP contribution < -0.4 is 5.69 Å². The van der Waals surface area contributed by atoms with Crippen LogP contribution in [0.1, 0.15) is 81.7 Å². The average Bonchev–Trinajstić information content (AvgIpc) is 3.61. The number of aromatic amines is 1. The summed E-state index contributed by atoms with van der Waals surface area (Å²) >= 11 is 0. The van der Waals surface area contributed by atoms with Crippen molar-refractivity contribution in [1.29, 1.82) is 0 Å². The van der Waals surface area contributed by atoms with Crippen molar-refractivity contribution in [1.82, 2.24) is 29.8 Å². The lowest BCUT2D eigenvalue weighted by molar-refractivity contribution is 0.672. The first-order valence-corrected chi connectivity index (χ1v) is 14.3. The van der Waals surface area contributed by atoms with E-state index in [1.165, 1.54) is 11.1 Å². The van der Waals surface area contributed by atoms with Gasteiger partial charge in [-0.25, -0.2) is 9.89 Å². The summed E-state index contributed by atoms with van der Waals surface area (Å²) in [6, 6.07) is 22.9. The molecule has 0 aliphatic heterocycles. The molecule has 2 aromatic heterocycles. The Balaban J connectivity index is 1.53. The summed E-state index contributed by atoms with van der Waals surface area (Å²) in [5.41, 5.74) is 8.70. The molecule has 0 saturated heterocycles. The van der Waals surface area contributed by atoms with Crippen molar-refractivity contribution in [3.05, 3.63) is 106 Å². The van der Waals surface area contributed by atoms with Crippen LogP contribution in [-0.4, -0.2) is 29.8 Å². The summed E-state index contributed by atoms with van der Waals surface area (Å²) < 4.78 is 3.87. The van der Waals surface area contributed by atoms with Crippen LogP contribution in [-0.2, 0) is 13.0 Å². The molecule has 40 heavy (non-hydrogen) atoms. The van der Waals surface area contributed by atoms with Gasteiger partial charge < -0.3 is 0 Å². The molecule has 0 radical (unpaired) electrons. The van der Waals surface area contributed by atoms with Gasteiger partial charge in [0.2, 0.25) is 0 Å². The third-order valence-electron chi connectivity index (χ3n) is 7.56. The van der Waals surface area contributed by atoms with Gasteiger partial charge >= 0.3 is 5.69 Å². The third-order valence-corrected chi connectivity index (χ3v) is 7.56. The SMILES string of the molecule is CCCCc1cn(-c2c(C(C)C)cccc2C(C)C)c(=O)n1Cc1ccc(-c2ccccc2-c2nnn[nH]2)cc1. The molecule has 0 aliphatic carbocycles. The quantitative estimate of drug-likeness (QED) is 0.207. The molecule has 0 unspecified atom stereocenters. The number of nitrogens with zero attached hydrogens (tertiary/aromatic N) is 5. The van der Waals surface area contributed by atoms with Crippen LogP contribution in [0.4, 0.5) is 0 Å². The molecular weight excluding hydrogens is 496 g/mol. The van der Waals surface area contributed by atoms with E-state index in [-0.39, 0.29) is 5.69 Å². The van der Waals surface area contributed by atoms with E-state index in [4.69, 9.17) is 0 Å². The Kier molecular flexibility index (Phi) is 8.10. The standard InChI is InChI=1S/C33H38N6O/c1-6-7-11-26-21-39(31-27(22(2)3)14-10-15-28(31)23(4)5)33(40)38(26)20-24-16-18-25(19-17-24)29-12-8-9-13-30(29)32-34-36-37-35-32/h8-10,12-19,21-23H,6-7,11,20H2,1-5H3,(H,34,35,36,37). The van der Waals surface area contributed by atoms with Gasteiger partial charge in [-0.15, -0.1) is 5.10 Å². The van der Waals surface area contributed by atoms with Gasteiger partial charge in [0.1, 0.15) is 0 Å². The van der Waals surface area contributed by atoms with Crippen molar-refractivity contribution in [2.75, 3.05) is 0 Å². The molecule has 5 aromatic rings. The molecule has 1 N–H and O–H groups in total. The van der Waals surface area contributed by atoms with E-state index in [1.54, 1.807) is 0 Å². The number of nitrogens with one attached hydrogen (secondary N) is 1. The fraction of sp³-hybridized carbons (Fsp3) is 0.333. The molecule has 0 atom stereocenters. The molecule has 7 nitrogen and oxygen atoms in total. The number of rotatable bonds is 10. The molecule has 7 heteroatoms. The summed E-state index contributed by atoms with van der Waals surface area (Å²) in [6.45, 7) is 11.5. The minimum Gasteiger partial charge on any atom is -0.292 e. The fourth-order valence-electron chi connectivity index (χ4n) is 5.39. The van der Waals surface area contributed by atoms with Crippen LogP contribution in [0.15, 0.2) is 77.7 Å². The Morgan fingerprint density at radius 1 is 0.850 bits per heavy atom. The zero-order valence-corrected chi connectivity index (χ0v) is 24.1. The fourth-order valence-corrected chi connectivity index (χ4v) is 5.39. The van der Waals surface area contributed by atoms with Crippen LogP contribution in [0.2, 0.25) is 0 Å². The van der Waals surface area contributed by atoms with Gasteiger partial charge in [0.25, 0.3) is 0 Å². The lowest BCUT2D eigenvalue weighted by Crippen LogP contribution is -2.26. The van der Waals surface area contributed by atoms with Crippen molar-refractivity contribution in [2.45, 2.75) is 72.3 Å². The maximum atomic E-state index is 14.1. The van der Waals surface area contributed by atoms with E-state index in [1.807, 2.05) is 27.3 Å². The van der Waals surface area contributed by atoms with E-state index in [0.29, 0.717) is 24.2 Å². The van der Waals surface area contributed by atoms with Crippen molar-refractivity contribution >= 4 is 0 Å². The summed E-state index contributed by atoms with van der Waals surface area (Å²) in [5.74, 6) is 1.26. The van der Waals surface area contributed by atoms with Crippen molar-refractivity contribution in [3.63, 3.8) is 0 Å². The second kappa shape index (κ2) is 11.9. The molecule has 0 bridgehead atoms. The predicted molar refractivity (Wildman–Crippen MR) is 161 cm³/mol. The number of tetrazole rings is 1. The van der Waals surface area contributed by atoms with Gasteiger partial charge in [-0.05, 0) is 62.9 Å². The molecule has 0 aliphatic rings. The van der Waals surface area contributed by atoms with Gasteiger partial charge in [-0.3, -0.25) is 9.13 Å². The van der Waals surface area contributed by atoms with Gasteiger partial charge in [-0.2, -0.15) is 0 Å². The zero-order valence-electron chi connectivity index (χ0n) is 24.1. The number of imidazole rings is 1. The molecule has 5 rings (SSSR count). The first kappa shape index (κ1) is 27.3. The van der Waals surface area contributed by atoms with Gasteiger partial charge in [0.05, 0.1) is 12.2 Å². The summed E-state index contributed by atoms with van der Waals surface area (Å²) in [5, 5.41) is 14.4. The predicted octanol–water partition coefficient (Wildman–Crippen LogP) is 7.12. The lowest BCUT2D eigenvalue weighted by Gasteiger charge is -2.19. The Labute approximate surface area is 235 Å². The average molecular weight is 535 g/mol. The Hall–Kier alpha value is -4.26. The normalized spacial score (nSPS) is 11.6. The summed E-state index contributed by atoms with van der Waals surface area (Å²) in [6.07, 6.45) is 5.07. The van der Waals surface area contributed by atoms with Crippen LogP contribution in [0.3, 0.4) is 0 Å². The topological polar surface area (TPSA) is 81.4 Å². The molecule has 0 fully saturated rings. The molecule has 3 aromatic carbocycles. The van der Waals surface area contributed by atoms with E-state index >= 15 is 0 Å². The zero-order chi connectivity index (χ0) is 28.2. The highest BCUT2D eigenvalue weighted by Gasteiger charge is 2.20. The number of aryl methyl sites for hydroxylation is 1. The van der Waals surface area contributed by atoms with E-state index in [0.717, 1.165) is 52.9 Å². The number of H-pyrrole nitrogens is 1. The first-order chi connectivity index (χ1) is 19.4. The van der Waals surface area contributed by atoms with Crippen LogP contribution >= 0.6 is 0 Å². The van der Waals surface area contributed by atoms with Crippen molar-refractivity contribution < 1.29 is 0 Å². The van der Waals surface area contributed by atoms with Gasteiger partial charge in [0.15, 0.2) is 5.82 Å². The van der Waals surface area contributed by atoms with E-state index in [9.17, 15) is 4.79 Å². The largest absolute Gasteiger partial charge is 0.333 e. The minimum absolute atomic E-state index is 0.0216. The van der Waals surface area contributed by atoms with Crippen LogP contribution in [0, 0.1) is 0 Å². The Morgan fingerprint density at radius 3 is 2.12 bits per heavy atom. The third kappa shape index (κ3) is 5.41. The van der Waals surface area contributed by atoms with E-state index in [2.05, 4.69) is 110 Å². The Morgan fingerprint density at radius 2 is 1.52 bits per heavy atom. The monoisotopic (exact) mass is 534 g/mol. The highest BCUT2D eigenvalue weighted by molar-refractivity contribution is 5.80. The number of unbranched alkanes of at least 4 members (excludes halogenated alkanes) is 1. The number of hydrogen-bond donors (Lipinski definition) is 1. The highest BCUT2D eigenvalue weighted by Crippen LogP contribution is 2.32. The number of para-hydroxylation sites is 1. The summed E-state index contributed by atoms with van der Waals surface area (Å²) in [4.78, 5) is 14.1. The molecule has 2 heterocycles. The first-order valence-electron chi connectivity index (χ1n) is 14.3. The van der Waals surface area contributed by atoms with Crippen LogP contribution in [0.25, 0.3) is 28.2 Å². The van der Waals surface area contributed by atoms with Crippen molar-refractivity contribution in [3.8, 4) is 28.2 Å². The molecule has 206 valence electrons. The van der Waals surface area contributed by atoms with Gasteiger partial charge in [-0.1, -0.05) is 108 Å².